The summed E-state index contributed by atoms with van der Waals surface area (Å²) in [5, 5.41) is 22.4. The summed E-state index contributed by atoms with van der Waals surface area (Å²) in [7, 11) is 0. The summed E-state index contributed by atoms with van der Waals surface area (Å²) in [6.45, 7) is 0.0643. The molecule has 1 fully saturated rings. The fraction of sp³-hybridized carbons (Fsp3) is 0.143. The molecular formula is C7H5N9O4. The van der Waals surface area contributed by atoms with E-state index >= 15 is 0 Å². The summed E-state index contributed by atoms with van der Waals surface area (Å²) < 4.78 is 14.4. The van der Waals surface area contributed by atoms with Gasteiger partial charge in [0.15, 0.2) is 6.73 Å². The molecule has 0 atom stereocenters. The van der Waals surface area contributed by atoms with Crippen LogP contribution in [0.5, 0.6) is 0 Å². The molecule has 20 heavy (non-hydrogen) atoms. The van der Waals surface area contributed by atoms with Gasteiger partial charge in [0, 0.05) is 0 Å². The van der Waals surface area contributed by atoms with E-state index in [9.17, 15) is 0 Å². The highest BCUT2D eigenvalue weighted by molar-refractivity contribution is 5.52. The third-order valence-corrected chi connectivity index (χ3v) is 2.35. The predicted octanol–water partition coefficient (Wildman–Crippen LogP) is -0.612. The lowest BCUT2D eigenvalue weighted by molar-refractivity contribution is 0.150. The second-order valence-corrected chi connectivity index (χ2v) is 3.44. The van der Waals surface area contributed by atoms with E-state index in [1.165, 1.54) is 27.9 Å². The van der Waals surface area contributed by atoms with Crippen LogP contribution in [-0.4, -0.2) is 37.4 Å². The summed E-state index contributed by atoms with van der Waals surface area (Å²) in [6.07, 6.45) is 3.71. The van der Waals surface area contributed by atoms with Crippen molar-refractivity contribution in [2.24, 2.45) is 0 Å². The zero-order valence-corrected chi connectivity index (χ0v) is 9.60. The first-order valence-electron chi connectivity index (χ1n) is 5.24. The van der Waals surface area contributed by atoms with E-state index < -0.39 is 0 Å². The standard InChI is InChI=1S/C7H5N9O4/c1-5(12-20-10-1)15-14(6-8-2-18-13-6)4-19-16(15)7-11-9-3-17-7/h1-3H,4H2. The van der Waals surface area contributed by atoms with Crippen molar-refractivity contribution in [3.63, 3.8) is 0 Å². The van der Waals surface area contributed by atoms with Crippen LogP contribution in [0.15, 0.2) is 32.6 Å². The number of rotatable bonds is 3. The van der Waals surface area contributed by atoms with Gasteiger partial charge in [-0.3, -0.25) is 0 Å². The van der Waals surface area contributed by atoms with Crippen LogP contribution in [0.1, 0.15) is 0 Å². The number of aromatic nitrogens is 6. The molecule has 0 N–H and O–H groups in total. The van der Waals surface area contributed by atoms with Crippen molar-refractivity contribution in [3.8, 4) is 0 Å². The molecule has 1 saturated heterocycles. The van der Waals surface area contributed by atoms with Gasteiger partial charge >= 0.3 is 6.01 Å². The van der Waals surface area contributed by atoms with Crippen molar-refractivity contribution in [3.05, 3.63) is 19.0 Å². The second kappa shape index (κ2) is 4.16. The van der Waals surface area contributed by atoms with Crippen molar-refractivity contribution < 1.29 is 18.4 Å². The van der Waals surface area contributed by atoms with Gasteiger partial charge < -0.3 is 8.94 Å². The van der Waals surface area contributed by atoms with Gasteiger partial charge in [0.1, 0.15) is 6.20 Å². The monoisotopic (exact) mass is 279 g/mol. The average molecular weight is 279 g/mol. The molecule has 0 bridgehead atoms. The lowest BCUT2D eigenvalue weighted by Gasteiger charge is -2.25. The van der Waals surface area contributed by atoms with Gasteiger partial charge in [0.2, 0.25) is 18.6 Å². The number of hydrogen-bond donors (Lipinski definition) is 0. The molecule has 1 aliphatic heterocycles. The molecule has 0 aliphatic carbocycles. The Morgan fingerprint density at radius 1 is 1.20 bits per heavy atom. The van der Waals surface area contributed by atoms with E-state index in [-0.39, 0.29) is 18.7 Å². The zero-order valence-electron chi connectivity index (χ0n) is 9.60. The summed E-state index contributed by atoms with van der Waals surface area (Å²) in [4.78, 5) is 9.36. The molecule has 0 unspecified atom stereocenters. The first-order chi connectivity index (χ1) is 9.93. The van der Waals surface area contributed by atoms with Crippen molar-refractivity contribution in [2.45, 2.75) is 0 Å². The Morgan fingerprint density at radius 3 is 2.90 bits per heavy atom. The van der Waals surface area contributed by atoms with Gasteiger partial charge in [-0.1, -0.05) is 15.4 Å². The fourth-order valence-electron chi connectivity index (χ4n) is 1.59. The molecule has 4 heterocycles. The van der Waals surface area contributed by atoms with E-state index in [1.807, 2.05) is 0 Å². The van der Waals surface area contributed by atoms with Crippen LogP contribution in [-0.2, 0) is 4.84 Å². The second-order valence-electron chi connectivity index (χ2n) is 3.44. The van der Waals surface area contributed by atoms with Crippen molar-refractivity contribution in [1.29, 1.82) is 0 Å². The average Bonchev–Trinajstić information content (AvgIpc) is 3.23. The van der Waals surface area contributed by atoms with Crippen LogP contribution in [0, 0.1) is 0 Å². The normalized spacial score (nSPS) is 15.3. The van der Waals surface area contributed by atoms with Gasteiger partial charge in [-0.2, -0.15) is 9.99 Å². The highest BCUT2D eigenvalue weighted by Crippen LogP contribution is 2.28. The maximum atomic E-state index is 5.43. The lowest BCUT2D eigenvalue weighted by atomic mass is 10.7. The van der Waals surface area contributed by atoms with Crippen molar-refractivity contribution in [1.82, 2.24) is 30.7 Å². The van der Waals surface area contributed by atoms with Crippen molar-refractivity contribution >= 4 is 17.8 Å². The molecule has 13 nitrogen and oxygen atoms in total. The van der Waals surface area contributed by atoms with Crippen LogP contribution in [0.25, 0.3) is 0 Å². The molecule has 102 valence electrons. The molecule has 0 radical (unpaired) electrons. The van der Waals surface area contributed by atoms with Crippen LogP contribution in [0.3, 0.4) is 0 Å². The van der Waals surface area contributed by atoms with Crippen LogP contribution in [0.4, 0.5) is 17.8 Å². The predicted molar refractivity (Wildman–Crippen MR) is 56.3 cm³/mol. The molecule has 3 aromatic heterocycles. The molecule has 1 aliphatic rings. The third kappa shape index (κ3) is 1.53. The van der Waals surface area contributed by atoms with Gasteiger partial charge in [-0.05, 0) is 10.3 Å². The minimum absolute atomic E-state index is 0.0643. The number of nitrogens with zero attached hydrogens (tertiary/aromatic N) is 9. The van der Waals surface area contributed by atoms with Crippen LogP contribution in [0.2, 0.25) is 0 Å². The Bertz CT molecular complexity index is 610. The Morgan fingerprint density at radius 2 is 2.20 bits per heavy atom. The van der Waals surface area contributed by atoms with Crippen LogP contribution >= 0.6 is 0 Å². The van der Waals surface area contributed by atoms with E-state index in [1.54, 1.807) is 0 Å². The molecule has 0 amide bonds. The summed E-state index contributed by atoms with van der Waals surface area (Å²) in [5.41, 5.74) is 0. The van der Waals surface area contributed by atoms with E-state index in [2.05, 4.69) is 35.3 Å². The SMILES string of the molecule is c1nc(N2CON(c3nnco3)N2c2cnon2)no1. The first kappa shape index (κ1) is 10.7. The summed E-state index contributed by atoms with van der Waals surface area (Å²) >= 11 is 0. The topological polar surface area (TPSA) is 136 Å². The van der Waals surface area contributed by atoms with Gasteiger partial charge in [0.25, 0.3) is 5.95 Å². The van der Waals surface area contributed by atoms with E-state index in [0.29, 0.717) is 5.82 Å². The largest absolute Gasteiger partial charge is 0.408 e. The molecular weight excluding hydrogens is 274 g/mol. The van der Waals surface area contributed by atoms with E-state index in [4.69, 9.17) is 13.8 Å². The van der Waals surface area contributed by atoms with Crippen LogP contribution < -0.4 is 15.3 Å². The molecule has 3 aromatic rings. The molecule has 4 rings (SSSR count). The Labute approximate surface area is 109 Å². The Balaban J connectivity index is 1.75. The number of hydrazine groups is 2. The summed E-state index contributed by atoms with van der Waals surface area (Å²) in [6, 6.07) is 0.0824. The molecule has 13 heteroatoms. The highest BCUT2D eigenvalue weighted by atomic mass is 16.8. The maximum Gasteiger partial charge on any atom is 0.365 e. The molecule has 0 spiro atoms. The number of anilines is 3. The lowest BCUT2D eigenvalue weighted by Crippen LogP contribution is -2.46. The Kier molecular flexibility index (Phi) is 2.22. The molecule has 0 saturated carbocycles. The first-order valence-corrected chi connectivity index (χ1v) is 5.24. The highest BCUT2D eigenvalue weighted by Gasteiger charge is 2.39. The van der Waals surface area contributed by atoms with Gasteiger partial charge in [0.05, 0.1) is 0 Å². The maximum absolute atomic E-state index is 5.43. The summed E-state index contributed by atoms with van der Waals surface area (Å²) in [5.74, 6) is 0.542. The van der Waals surface area contributed by atoms with E-state index in [0.717, 1.165) is 6.39 Å². The molecule has 0 aromatic carbocycles. The van der Waals surface area contributed by atoms with Gasteiger partial charge in [-0.25, -0.2) is 9.47 Å². The van der Waals surface area contributed by atoms with Crippen molar-refractivity contribution in [2.75, 3.05) is 22.0 Å². The minimum atomic E-state index is 0.0643. The third-order valence-electron chi connectivity index (χ3n) is 2.35. The number of hydrogen-bond acceptors (Lipinski definition) is 13. The zero-order chi connectivity index (χ0) is 13.4. The quantitative estimate of drug-likeness (QED) is 0.603. The minimum Gasteiger partial charge on any atom is -0.408 e. The smallest absolute Gasteiger partial charge is 0.365 e. The Hall–Kier alpha value is -3.22. The van der Waals surface area contributed by atoms with Gasteiger partial charge in [-0.15, -0.1) is 10.2 Å². The fourth-order valence-corrected chi connectivity index (χ4v) is 1.59.